The van der Waals surface area contributed by atoms with Crippen molar-refractivity contribution in [2.75, 3.05) is 11.6 Å². The Bertz CT molecular complexity index is 1030. The molecule has 0 radical (unpaired) electrons. The van der Waals surface area contributed by atoms with Gasteiger partial charge in [0, 0.05) is 11.5 Å². The summed E-state index contributed by atoms with van der Waals surface area (Å²) in [6, 6.07) is 7.82. The van der Waals surface area contributed by atoms with Crippen LogP contribution in [0.1, 0.15) is 24.5 Å². The topological polar surface area (TPSA) is 67.9 Å². The van der Waals surface area contributed by atoms with E-state index in [2.05, 4.69) is 20.5 Å². The minimum Gasteiger partial charge on any atom is -0.304 e. The fraction of sp³-hybridized carbons (Fsp3) is 0.250. The molecule has 1 saturated carbocycles. The van der Waals surface area contributed by atoms with E-state index in [1.807, 2.05) is 33.7 Å². The second kappa shape index (κ2) is 4.44. The van der Waals surface area contributed by atoms with Crippen molar-refractivity contribution < 1.29 is 4.48 Å². The molecular formula is C16H13FN8. The molecule has 1 aromatic carbocycles. The molecule has 3 aromatic rings. The van der Waals surface area contributed by atoms with Gasteiger partial charge in [-0.15, -0.1) is 15.3 Å². The van der Waals surface area contributed by atoms with E-state index in [1.54, 1.807) is 10.9 Å². The van der Waals surface area contributed by atoms with Crippen molar-refractivity contribution in [1.29, 1.82) is 0 Å². The largest absolute Gasteiger partial charge is 0.304 e. The molecule has 0 N–H and O–H groups in total. The van der Waals surface area contributed by atoms with Gasteiger partial charge in [-0.1, -0.05) is 21.8 Å². The second-order valence-electron chi connectivity index (χ2n) is 6.48. The predicted octanol–water partition coefficient (Wildman–Crippen LogP) is 2.14. The van der Waals surface area contributed by atoms with Gasteiger partial charge in [-0.05, 0) is 25.0 Å². The smallest absolute Gasteiger partial charge is 0.259 e. The number of benzene rings is 1. The van der Waals surface area contributed by atoms with E-state index in [-0.39, 0.29) is 6.67 Å². The van der Waals surface area contributed by atoms with E-state index in [9.17, 15) is 4.48 Å². The summed E-state index contributed by atoms with van der Waals surface area (Å²) in [5.74, 6) is 2.36. The third-order valence-electron chi connectivity index (χ3n) is 4.88. The molecule has 0 atom stereocenters. The van der Waals surface area contributed by atoms with Gasteiger partial charge < -0.3 is 4.90 Å². The zero-order valence-electron chi connectivity index (χ0n) is 13.1. The number of rotatable bonds is 2. The number of para-hydroxylation sites is 1. The molecule has 2 aromatic heterocycles. The third kappa shape index (κ3) is 1.69. The highest BCUT2D eigenvalue weighted by Crippen LogP contribution is 2.44. The van der Waals surface area contributed by atoms with E-state index in [4.69, 9.17) is 0 Å². The molecule has 124 valence electrons. The van der Waals surface area contributed by atoms with Crippen LogP contribution in [0.25, 0.3) is 23.2 Å². The summed E-state index contributed by atoms with van der Waals surface area (Å²) in [5.41, 5.74) is 2.86. The summed E-state index contributed by atoms with van der Waals surface area (Å²) in [4.78, 5) is 1.91. The van der Waals surface area contributed by atoms with Gasteiger partial charge in [-0.2, -0.15) is 9.80 Å². The number of anilines is 1. The number of nitrogens with zero attached hydrogens (tertiary/aromatic N) is 8. The van der Waals surface area contributed by atoms with Gasteiger partial charge in [0.25, 0.3) is 5.95 Å². The fourth-order valence-corrected chi connectivity index (χ4v) is 3.57. The van der Waals surface area contributed by atoms with Crippen LogP contribution in [0, 0.1) is 0 Å². The van der Waals surface area contributed by atoms with E-state index in [0.29, 0.717) is 28.6 Å². The normalized spacial score (nSPS) is 18.0. The first kappa shape index (κ1) is 13.1. The molecule has 0 bridgehead atoms. The molecule has 0 saturated heterocycles. The Balaban J connectivity index is 1.63. The van der Waals surface area contributed by atoms with Gasteiger partial charge >= 0.3 is 0 Å². The molecule has 25 heavy (non-hydrogen) atoms. The first-order chi connectivity index (χ1) is 12.3. The quantitative estimate of drug-likeness (QED) is 0.668. The Morgan fingerprint density at radius 1 is 1.12 bits per heavy atom. The van der Waals surface area contributed by atoms with Gasteiger partial charge in [0.15, 0.2) is 5.82 Å². The van der Waals surface area contributed by atoms with Crippen molar-refractivity contribution in [1.82, 2.24) is 34.9 Å². The number of hydrogen-bond donors (Lipinski definition) is 0. The fourth-order valence-electron chi connectivity index (χ4n) is 3.57. The van der Waals surface area contributed by atoms with Crippen molar-refractivity contribution in [2.45, 2.75) is 18.8 Å². The highest BCUT2D eigenvalue weighted by atomic mass is 19.2. The number of hydrogen-bond acceptors (Lipinski definition) is 6. The lowest BCUT2D eigenvalue weighted by atomic mass is 10.1. The maximum atomic E-state index is 14.0. The van der Waals surface area contributed by atoms with Crippen LogP contribution in [0.15, 0.2) is 36.7 Å². The van der Waals surface area contributed by atoms with E-state index >= 15 is 0 Å². The van der Waals surface area contributed by atoms with Gasteiger partial charge in [0.2, 0.25) is 0 Å². The Hall–Kier alpha value is -3.23. The summed E-state index contributed by atoms with van der Waals surface area (Å²) in [7, 11) is 0. The lowest BCUT2D eigenvalue weighted by molar-refractivity contribution is 0.104. The SMILES string of the molecule is FN1C=C2N(C1)c1ccccc1-c1nnc(-n3nncc3C3CC3)n12. The Morgan fingerprint density at radius 3 is 2.88 bits per heavy atom. The van der Waals surface area contributed by atoms with E-state index in [0.717, 1.165) is 29.8 Å². The Kier molecular flexibility index (Phi) is 2.33. The minimum absolute atomic E-state index is 0.135. The lowest BCUT2D eigenvalue weighted by Gasteiger charge is -2.29. The van der Waals surface area contributed by atoms with Crippen molar-refractivity contribution in [3.63, 3.8) is 0 Å². The zero-order chi connectivity index (χ0) is 16.5. The van der Waals surface area contributed by atoms with E-state index in [1.165, 1.54) is 6.20 Å². The van der Waals surface area contributed by atoms with Gasteiger partial charge in [0.05, 0.1) is 23.8 Å². The monoisotopic (exact) mass is 336 g/mol. The molecule has 0 spiro atoms. The highest BCUT2D eigenvalue weighted by Gasteiger charge is 2.37. The molecule has 2 aliphatic heterocycles. The van der Waals surface area contributed by atoms with Crippen molar-refractivity contribution >= 4 is 11.5 Å². The summed E-state index contributed by atoms with van der Waals surface area (Å²) >= 11 is 0. The summed E-state index contributed by atoms with van der Waals surface area (Å²) in [5, 5.41) is 17.7. The Labute approximate surface area is 141 Å². The van der Waals surface area contributed by atoms with Crippen LogP contribution < -0.4 is 4.90 Å². The summed E-state index contributed by atoms with van der Waals surface area (Å²) in [6.07, 6.45) is 5.49. The van der Waals surface area contributed by atoms with Crippen LogP contribution in [-0.4, -0.2) is 41.5 Å². The molecule has 1 aliphatic carbocycles. The van der Waals surface area contributed by atoms with Gasteiger partial charge in [-0.25, -0.2) is 4.57 Å². The lowest BCUT2D eigenvalue weighted by Crippen LogP contribution is -2.29. The van der Waals surface area contributed by atoms with Crippen molar-refractivity contribution in [3.05, 3.63) is 42.4 Å². The van der Waals surface area contributed by atoms with Crippen molar-refractivity contribution in [3.8, 4) is 17.3 Å². The average molecular weight is 336 g/mol. The van der Waals surface area contributed by atoms with Gasteiger partial charge in [0.1, 0.15) is 12.5 Å². The molecule has 0 unspecified atom stereocenters. The maximum absolute atomic E-state index is 14.0. The van der Waals surface area contributed by atoms with Crippen LogP contribution >= 0.6 is 0 Å². The Morgan fingerprint density at radius 2 is 2.00 bits per heavy atom. The summed E-state index contributed by atoms with van der Waals surface area (Å²) in [6.45, 7) is 0.135. The second-order valence-corrected chi connectivity index (χ2v) is 6.48. The number of fused-ring (bicyclic) bond motifs is 6. The molecular weight excluding hydrogens is 323 g/mol. The molecule has 6 rings (SSSR count). The molecule has 4 heterocycles. The van der Waals surface area contributed by atoms with Gasteiger partial charge in [-0.3, -0.25) is 0 Å². The van der Waals surface area contributed by atoms with Crippen LogP contribution in [0.2, 0.25) is 0 Å². The van der Waals surface area contributed by atoms with E-state index < -0.39 is 0 Å². The number of aromatic nitrogens is 6. The molecule has 1 fully saturated rings. The third-order valence-corrected chi connectivity index (χ3v) is 4.88. The van der Waals surface area contributed by atoms with Crippen molar-refractivity contribution in [2.24, 2.45) is 0 Å². The highest BCUT2D eigenvalue weighted by molar-refractivity contribution is 5.89. The predicted molar refractivity (Wildman–Crippen MR) is 86.9 cm³/mol. The first-order valence-electron chi connectivity index (χ1n) is 8.19. The minimum atomic E-state index is 0.135. The van der Waals surface area contributed by atoms with Crippen LogP contribution in [0.3, 0.4) is 0 Å². The molecule has 3 aliphatic rings. The van der Waals surface area contributed by atoms with Crippen LogP contribution in [-0.2, 0) is 0 Å². The first-order valence-corrected chi connectivity index (χ1v) is 8.19. The molecule has 9 heteroatoms. The summed E-state index contributed by atoms with van der Waals surface area (Å²) < 4.78 is 17.6. The van der Waals surface area contributed by atoms with Crippen LogP contribution in [0.5, 0.6) is 0 Å². The molecule has 0 amide bonds. The maximum Gasteiger partial charge on any atom is 0.259 e. The molecule has 8 nitrogen and oxygen atoms in total. The average Bonchev–Trinajstić information content (AvgIpc) is 3.05. The zero-order valence-corrected chi connectivity index (χ0v) is 13.1. The standard InChI is InChI=1S/C16H13FN8/c17-22-8-14-23(9-22)12-4-2-1-3-11(12)15-19-20-16(24(14)15)25-13(7-18-21-25)10-5-6-10/h1-4,7-8,10H,5-6,9H2. The van der Waals surface area contributed by atoms with Crippen LogP contribution in [0.4, 0.5) is 10.2 Å². The number of halogens is 1.